The third-order valence-electron chi connectivity index (χ3n) is 4.72. The van der Waals surface area contributed by atoms with Crippen molar-refractivity contribution in [2.45, 2.75) is 23.5 Å². The van der Waals surface area contributed by atoms with Crippen molar-refractivity contribution < 1.29 is 23.1 Å². The van der Waals surface area contributed by atoms with Gasteiger partial charge >= 0.3 is 5.97 Å². The predicted octanol–water partition coefficient (Wildman–Crippen LogP) is 1.48. The molecule has 3 rings (SSSR count). The van der Waals surface area contributed by atoms with Crippen LogP contribution in [0.5, 0.6) is 0 Å². The number of hydrogen-bond acceptors (Lipinski definition) is 5. The van der Waals surface area contributed by atoms with Crippen LogP contribution >= 0.6 is 11.3 Å². The summed E-state index contributed by atoms with van der Waals surface area (Å²) in [6.45, 7) is 1.07. The Kier molecular flexibility index (Phi) is 3.56. The van der Waals surface area contributed by atoms with Crippen molar-refractivity contribution >= 4 is 33.1 Å². The fourth-order valence-electron chi connectivity index (χ4n) is 3.21. The lowest BCUT2D eigenvalue weighted by Gasteiger charge is -2.32. The smallest absolute Gasteiger partial charge is 0.307 e. The molecule has 22 heavy (non-hydrogen) atoms. The third-order valence-corrected chi connectivity index (χ3v) is 7.49. The van der Waals surface area contributed by atoms with Crippen LogP contribution in [0.1, 0.15) is 29.6 Å². The largest absolute Gasteiger partial charge is 0.481 e. The van der Waals surface area contributed by atoms with Crippen LogP contribution in [0.2, 0.25) is 0 Å². The molecule has 8 heteroatoms. The molecular formula is C14H17NO5S2. The molecule has 1 spiro atoms. The first-order valence-electron chi connectivity index (χ1n) is 7.04. The molecule has 1 amide bonds. The highest BCUT2D eigenvalue weighted by Crippen LogP contribution is 2.59. The van der Waals surface area contributed by atoms with Gasteiger partial charge in [0, 0.05) is 24.7 Å². The topological polar surface area (TPSA) is 91.8 Å². The number of aliphatic carboxylic acids is 1. The van der Waals surface area contributed by atoms with Gasteiger partial charge in [-0.2, -0.15) is 0 Å². The van der Waals surface area contributed by atoms with Gasteiger partial charge in [0.25, 0.3) is 5.91 Å². The number of sulfone groups is 1. The molecule has 2 aliphatic rings. The first-order chi connectivity index (χ1) is 10.2. The number of thiophene rings is 1. The zero-order valence-corrected chi connectivity index (χ0v) is 13.7. The highest BCUT2D eigenvalue weighted by Gasteiger charge is 2.59. The summed E-state index contributed by atoms with van der Waals surface area (Å²) >= 11 is 1.05. The summed E-state index contributed by atoms with van der Waals surface area (Å²) in [4.78, 5) is 25.1. The molecule has 120 valence electrons. The summed E-state index contributed by atoms with van der Waals surface area (Å²) in [5, 5.41) is 10.6. The minimum absolute atomic E-state index is 0.116. The van der Waals surface area contributed by atoms with E-state index >= 15 is 0 Å². The molecule has 0 radical (unpaired) electrons. The van der Waals surface area contributed by atoms with Crippen LogP contribution in [0.15, 0.2) is 15.7 Å². The van der Waals surface area contributed by atoms with Gasteiger partial charge in [-0.1, -0.05) is 0 Å². The van der Waals surface area contributed by atoms with E-state index in [4.69, 9.17) is 5.11 Å². The summed E-state index contributed by atoms with van der Waals surface area (Å²) in [6, 6.07) is 1.42. The van der Waals surface area contributed by atoms with Crippen molar-refractivity contribution in [3.05, 3.63) is 17.0 Å². The Hall–Kier alpha value is -1.41. The Morgan fingerprint density at radius 2 is 2.00 bits per heavy atom. The third kappa shape index (κ3) is 2.65. The summed E-state index contributed by atoms with van der Waals surface area (Å²) in [7, 11) is -3.29. The monoisotopic (exact) mass is 343 g/mol. The first-order valence-corrected chi connectivity index (χ1v) is 9.81. The van der Waals surface area contributed by atoms with Gasteiger partial charge < -0.3 is 10.0 Å². The van der Waals surface area contributed by atoms with Crippen LogP contribution in [0.4, 0.5) is 0 Å². The Morgan fingerprint density at radius 3 is 2.45 bits per heavy atom. The highest BCUT2D eigenvalue weighted by atomic mass is 32.2. The number of hydrogen-bond donors (Lipinski definition) is 1. The molecule has 1 saturated carbocycles. The molecule has 1 aliphatic carbocycles. The zero-order chi connectivity index (χ0) is 16.1. The quantitative estimate of drug-likeness (QED) is 0.897. The maximum Gasteiger partial charge on any atom is 0.307 e. The molecule has 1 aromatic heterocycles. The van der Waals surface area contributed by atoms with Crippen LogP contribution in [-0.2, 0) is 14.6 Å². The fraction of sp³-hybridized carbons (Fsp3) is 0.571. The van der Waals surface area contributed by atoms with Gasteiger partial charge in [0.1, 0.15) is 4.21 Å². The van der Waals surface area contributed by atoms with E-state index in [-0.39, 0.29) is 21.4 Å². The summed E-state index contributed by atoms with van der Waals surface area (Å²) in [6.07, 6.45) is 3.25. The number of piperidine rings is 1. The molecule has 1 aliphatic heterocycles. The van der Waals surface area contributed by atoms with E-state index < -0.39 is 15.8 Å². The number of rotatable bonds is 3. The molecule has 1 N–H and O–H groups in total. The Labute approximate surface area is 132 Å². The van der Waals surface area contributed by atoms with Crippen molar-refractivity contribution in [2.24, 2.45) is 11.3 Å². The van der Waals surface area contributed by atoms with Gasteiger partial charge in [0.2, 0.25) is 0 Å². The van der Waals surface area contributed by atoms with E-state index in [1.54, 1.807) is 10.3 Å². The molecule has 0 bridgehead atoms. The van der Waals surface area contributed by atoms with E-state index in [1.165, 1.54) is 6.07 Å². The molecule has 1 unspecified atom stereocenters. The highest BCUT2D eigenvalue weighted by molar-refractivity contribution is 7.92. The average Bonchev–Trinajstić information content (AvgIpc) is 2.93. The van der Waals surface area contributed by atoms with Crippen LogP contribution in [0.25, 0.3) is 0 Å². The number of carboxylic acid groups (broad SMARTS) is 1. The van der Waals surface area contributed by atoms with Crippen molar-refractivity contribution in [3.8, 4) is 0 Å². The number of amides is 1. The van der Waals surface area contributed by atoms with Gasteiger partial charge in [0.05, 0.1) is 11.5 Å². The number of carbonyl (C=O) groups excluding carboxylic acids is 1. The van der Waals surface area contributed by atoms with E-state index in [0.717, 1.165) is 17.6 Å². The first kappa shape index (κ1) is 15.5. The molecule has 1 atom stereocenters. The predicted molar refractivity (Wildman–Crippen MR) is 80.7 cm³/mol. The minimum atomic E-state index is -3.29. The molecule has 1 aromatic rings. The Morgan fingerprint density at radius 1 is 1.36 bits per heavy atom. The van der Waals surface area contributed by atoms with Crippen LogP contribution < -0.4 is 0 Å². The normalized spacial score (nSPS) is 23.5. The van der Waals surface area contributed by atoms with E-state index in [0.29, 0.717) is 37.9 Å². The van der Waals surface area contributed by atoms with E-state index in [9.17, 15) is 18.0 Å². The number of nitrogens with zero attached hydrogens (tertiary/aromatic N) is 1. The maximum atomic E-state index is 12.4. The lowest BCUT2D eigenvalue weighted by molar-refractivity contribution is -0.139. The summed E-state index contributed by atoms with van der Waals surface area (Å²) < 4.78 is 23.1. The molecule has 1 saturated heterocycles. The van der Waals surface area contributed by atoms with Gasteiger partial charge in [-0.3, -0.25) is 9.59 Å². The fourth-order valence-corrected chi connectivity index (χ4v) is 5.00. The average molecular weight is 343 g/mol. The molecule has 2 heterocycles. The lowest BCUT2D eigenvalue weighted by atomic mass is 9.90. The standard InChI is InChI=1S/C14H17NO5S2/c1-22(19,20)11-6-9(8-21-11)12(16)15-4-2-14(3-5-15)7-10(14)13(17)18/h6,8,10H,2-5,7H2,1H3,(H,17,18). The Balaban J connectivity index is 1.66. The number of carbonyl (C=O) groups is 2. The van der Waals surface area contributed by atoms with Crippen molar-refractivity contribution in [1.82, 2.24) is 4.90 Å². The zero-order valence-electron chi connectivity index (χ0n) is 12.1. The molecule has 2 fully saturated rings. The molecule has 6 nitrogen and oxygen atoms in total. The molecular weight excluding hydrogens is 326 g/mol. The minimum Gasteiger partial charge on any atom is -0.481 e. The SMILES string of the molecule is CS(=O)(=O)c1cc(C(=O)N2CCC3(CC2)CC3C(=O)O)cs1. The van der Waals surface area contributed by atoms with E-state index in [1.807, 2.05) is 0 Å². The maximum absolute atomic E-state index is 12.4. The van der Waals surface area contributed by atoms with Gasteiger partial charge in [-0.15, -0.1) is 11.3 Å². The van der Waals surface area contributed by atoms with Crippen LogP contribution in [-0.4, -0.2) is 49.6 Å². The van der Waals surface area contributed by atoms with Gasteiger partial charge in [0.15, 0.2) is 9.84 Å². The van der Waals surface area contributed by atoms with Crippen molar-refractivity contribution in [2.75, 3.05) is 19.3 Å². The van der Waals surface area contributed by atoms with Crippen molar-refractivity contribution in [3.63, 3.8) is 0 Å². The van der Waals surface area contributed by atoms with Crippen LogP contribution in [0.3, 0.4) is 0 Å². The lowest BCUT2D eigenvalue weighted by Crippen LogP contribution is -2.39. The Bertz CT molecular complexity index is 728. The van der Waals surface area contributed by atoms with Crippen LogP contribution in [0, 0.1) is 11.3 Å². The summed E-state index contributed by atoms with van der Waals surface area (Å²) in [5.41, 5.74) is 0.279. The molecule has 0 aromatic carbocycles. The van der Waals surface area contributed by atoms with Crippen molar-refractivity contribution in [1.29, 1.82) is 0 Å². The van der Waals surface area contributed by atoms with Gasteiger partial charge in [-0.25, -0.2) is 8.42 Å². The second kappa shape index (κ2) is 5.06. The number of carboxylic acids is 1. The second-order valence-electron chi connectivity index (χ2n) is 6.18. The summed E-state index contributed by atoms with van der Waals surface area (Å²) in [5.74, 6) is -1.17. The van der Waals surface area contributed by atoms with Gasteiger partial charge in [-0.05, 0) is 30.7 Å². The van der Waals surface area contributed by atoms with E-state index in [2.05, 4.69) is 0 Å². The second-order valence-corrected chi connectivity index (χ2v) is 9.33. The number of likely N-dealkylation sites (tertiary alicyclic amines) is 1.